The van der Waals surface area contributed by atoms with Crippen molar-refractivity contribution in [2.24, 2.45) is 0 Å². The van der Waals surface area contributed by atoms with Crippen molar-refractivity contribution in [3.8, 4) is 5.75 Å². The Bertz CT molecular complexity index is 1270. The summed E-state index contributed by atoms with van der Waals surface area (Å²) in [5.41, 5.74) is 0.625. The van der Waals surface area contributed by atoms with Crippen LogP contribution in [0.5, 0.6) is 5.75 Å². The maximum absolute atomic E-state index is 13.7. The quantitative estimate of drug-likeness (QED) is 0.476. The molecule has 182 valence electrons. The van der Waals surface area contributed by atoms with E-state index in [4.69, 9.17) is 9.47 Å². The number of methoxy groups -OCH3 is 1. The molecule has 1 fully saturated rings. The molecule has 0 unspecified atom stereocenters. The lowest BCUT2D eigenvalue weighted by molar-refractivity contribution is -0.138. The van der Waals surface area contributed by atoms with Gasteiger partial charge in [0.05, 0.1) is 42.8 Å². The summed E-state index contributed by atoms with van der Waals surface area (Å²) in [6.45, 7) is 5.83. The summed E-state index contributed by atoms with van der Waals surface area (Å²) in [5, 5.41) is 4.52. The van der Waals surface area contributed by atoms with E-state index in [0.717, 1.165) is 6.07 Å². The van der Waals surface area contributed by atoms with Crippen LogP contribution in [0.15, 0.2) is 30.3 Å². The summed E-state index contributed by atoms with van der Waals surface area (Å²) in [6, 6.07) is 7.25. The van der Waals surface area contributed by atoms with Gasteiger partial charge in [0, 0.05) is 23.8 Å². The average Bonchev–Trinajstić information content (AvgIpc) is 2.77. The summed E-state index contributed by atoms with van der Waals surface area (Å²) >= 11 is 0. The Morgan fingerprint density at radius 1 is 1.15 bits per heavy atom. The van der Waals surface area contributed by atoms with Crippen molar-refractivity contribution in [2.45, 2.75) is 33.0 Å². The number of fused-ring (bicyclic) bond motifs is 1. The van der Waals surface area contributed by atoms with E-state index in [1.165, 1.54) is 20.1 Å². The van der Waals surface area contributed by atoms with Crippen LogP contribution in [-0.4, -0.2) is 42.6 Å². The van der Waals surface area contributed by atoms with Gasteiger partial charge in [0.15, 0.2) is 0 Å². The first-order chi connectivity index (χ1) is 16.0. The standard InChI is InChI=1S/C24H27F3N3O3P/c1-14-17(6-5-7-19(14)24(25,26)27)15(2)28-23-18-12-22(34(31)10-8-33-9-11-34)21(32-4)13-20(18)29-16(3)30-23/h5-7,12-13,15H,8-11H2,1-4H3,(H,28,29,30)/t15-/m1/s1. The molecule has 0 radical (unpaired) electrons. The number of nitrogens with one attached hydrogen (secondary N) is 1. The Hall–Kier alpha value is -2.64. The van der Waals surface area contributed by atoms with Crippen LogP contribution in [0.4, 0.5) is 19.0 Å². The predicted molar refractivity (Wildman–Crippen MR) is 127 cm³/mol. The van der Waals surface area contributed by atoms with Crippen LogP contribution in [0.3, 0.4) is 0 Å². The summed E-state index contributed by atoms with van der Waals surface area (Å²) in [4.78, 5) is 9.04. The Balaban J connectivity index is 1.80. The molecule has 1 aliphatic rings. The molecule has 1 aliphatic heterocycles. The molecule has 10 heteroatoms. The van der Waals surface area contributed by atoms with Crippen LogP contribution < -0.4 is 15.4 Å². The molecule has 2 heterocycles. The fourth-order valence-corrected chi connectivity index (χ4v) is 6.92. The number of hydrogen-bond acceptors (Lipinski definition) is 6. The maximum atomic E-state index is 13.7. The third-order valence-corrected chi connectivity index (χ3v) is 9.28. The number of alkyl halides is 3. The molecule has 0 aliphatic carbocycles. The second kappa shape index (κ2) is 9.19. The highest BCUT2D eigenvalue weighted by Gasteiger charge is 2.34. The van der Waals surface area contributed by atoms with Crippen molar-refractivity contribution in [2.75, 3.05) is 38.0 Å². The lowest BCUT2D eigenvalue weighted by atomic mass is 9.97. The molecule has 6 nitrogen and oxygen atoms in total. The third kappa shape index (κ3) is 4.64. The van der Waals surface area contributed by atoms with E-state index in [1.807, 2.05) is 0 Å². The molecule has 1 aromatic heterocycles. The molecule has 34 heavy (non-hydrogen) atoms. The van der Waals surface area contributed by atoms with Crippen molar-refractivity contribution >= 4 is 29.2 Å². The normalized spacial score (nSPS) is 16.9. The van der Waals surface area contributed by atoms with Gasteiger partial charge >= 0.3 is 6.18 Å². The first kappa shape index (κ1) is 24.5. The maximum Gasteiger partial charge on any atom is 0.416 e. The molecule has 0 spiro atoms. The summed E-state index contributed by atoms with van der Waals surface area (Å²) in [7, 11) is -1.21. The first-order valence-electron chi connectivity index (χ1n) is 11.0. The van der Waals surface area contributed by atoms with Gasteiger partial charge in [-0.1, -0.05) is 12.1 Å². The van der Waals surface area contributed by atoms with Crippen molar-refractivity contribution in [3.63, 3.8) is 0 Å². The van der Waals surface area contributed by atoms with Gasteiger partial charge in [-0.3, -0.25) is 0 Å². The van der Waals surface area contributed by atoms with Gasteiger partial charge in [-0.05, 0) is 44.0 Å². The molecule has 1 N–H and O–H groups in total. The molecule has 4 rings (SSSR count). The zero-order valence-electron chi connectivity index (χ0n) is 19.5. The Morgan fingerprint density at radius 3 is 2.50 bits per heavy atom. The van der Waals surface area contributed by atoms with Gasteiger partial charge in [-0.2, -0.15) is 13.2 Å². The zero-order chi connectivity index (χ0) is 24.7. The lowest BCUT2D eigenvalue weighted by Gasteiger charge is -2.26. The van der Waals surface area contributed by atoms with Crippen molar-refractivity contribution < 1.29 is 27.2 Å². The van der Waals surface area contributed by atoms with E-state index in [-0.39, 0.29) is 5.56 Å². The van der Waals surface area contributed by atoms with E-state index in [1.54, 1.807) is 32.0 Å². The predicted octanol–water partition coefficient (Wildman–Crippen LogP) is 5.47. The number of halogens is 3. The van der Waals surface area contributed by atoms with E-state index in [9.17, 15) is 17.7 Å². The van der Waals surface area contributed by atoms with E-state index >= 15 is 0 Å². The first-order valence-corrected chi connectivity index (χ1v) is 13.1. The number of nitrogens with zero attached hydrogens (tertiary/aromatic N) is 2. The van der Waals surface area contributed by atoms with Crippen LogP contribution >= 0.6 is 7.14 Å². The highest BCUT2D eigenvalue weighted by atomic mass is 31.2. The van der Waals surface area contributed by atoms with Gasteiger partial charge in [0.25, 0.3) is 0 Å². The van der Waals surface area contributed by atoms with Crippen molar-refractivity contribution in [3.05, 3.63) is 52.8 Å². The van der Waals surface area contributed by atoms with E-state index in [2.05, 4.69) is 15.3 Å². The van der Waals surface area contributed by atoms with Gasteiger partial charge in [-0.25, -0.2) is 9.97 Å². The van der Waals surface area contributed by atoms with E-state index in [0.29, 0.717) is 64.7 Å². The molecule has 0 bridgehead atoms. The highest BCUT2D eigenvalue weighted by molar-refractivity contribution is 7.71. The summed E-state index contributed by atoms with van der Waals surface area (Å²) in [5.74, 6) is 1.47. The topological polar surface area (TPSA) is 73.3 Å². The van der Waals surface area contributed by atoms with Crippen molar-refractivity contribution in [1.29, 1.82) is 0 Å². The fraction of sp³-hybridized carbons (Fsp3) is 0.417. The minimum Gasteiger partial charge on any atom is -0.496 e. The molecule has 2 aromatic carbocycles. The Kier molecular flexibility index (Phi) is 6.62. The second-order valence-electron chi connectivity index (χ2n) is 8.49. The molecule has 1 saturated heterocycles. The van der Waals surface area contributed by atoms with Gasteiger partial charge in [-0.15, -0.1) is 0 Å². The average molecular weight is 493 g/mol. The smallest absolute Gasteiger partial charge is 0.416 e. The molecular formula is C24H27F3N3O3P. The number of ether oxygens (including phenoxy) is 2. The van der Waals surface area contributed by atoms with Crippen LogP contribution in [0.2, 0.25) is 0 Å². The number of hydrogen-bond donors (Lipinski definition) is 1. The van der Waals surface area contributed by atoms with Gasteiger partial charge in [0.2, 0.25) is 0 Å². The molecule has 1 atom stereocenters. The number of aryl methyl sites for hydroxylation is 1. The van der Waals surface area contributed by atoms with Crippen LogP contribution in [-0.2, 0) is 15.5 Å². The minimum absolute atomic E-state index is 0.166. The molecular weight excluding hydrogens is 466 g/mol. The van der Waals surface area contributed by atoms with Crippen LogP contribution in [0.1, 0.15) is 35.5 Å². The number of anilines is 1. The molecule has 3 aromatic rings. The molecule has 0 amide bonds. The summed E-state index contributed by atoms with van der Waals surface area (Å²) < 4.78 is 65.0. The van der Waals surface area contributed by atoms with Crippen LogP contribution in [0.25, 0.3) is 10.9 Å². The minimum atomic E-state index is -4.43. The zero-order valence-corrected chi connectivity index (χ0v) is 20.4. The summed E-state index contributed by atoms with van der Waals surface area (Å²) in [6.07, 6.45) is -3.59. The second-order valence-corrected chi connectivity index (χ2v) is 11.6. The van der Waals surface area contributed by atoms with Gasteiger partial charge in [0.1, 0.15) is 24.5 Å². The molecule has 0 saturated carbocycles. The van der Waals surface area contributed by atoms with E-state index < -0.39 is 24.9 Å². The van der Waals surface area contributed by atoms with Crippen molar-refractivity contribution in [1.82, 2.24) is 9.97 Å². The van der Waals surface area contributed by atoms with Gasteiger partial charge < -0.3 is 19.4 Å². The number of benzene rings is 2. The number of aromatic nitrogens is 2. The van der Waals surface area contributed by atoms with Crippen LogP contribution in [0, 0.1) is 13.8 Å². The third-order valence-electron chi connectivity index (χ3n) is 6.24. The SMILES string of the molecule is COc1cc2nc(C)nc(N[C@H](C)c3cccc(C(F)(F)F)c3C)c2cc1P1(=O)CCOCC1. The highest BCUT2D eigenvalue weighted by Crippen LogP contribution is 2.49. The number of rotatable bonds is 5. The monoisotopic (exact) mass is 493 g/mol. The largest absolute Gasteiger partial charge is 0.496 e. The Labute approximate surface area is 196 Å². The fourth-order valence-electron chi connectivity index (χ4n) is 4.44. The Morgan fingerprint density at radius 2 is 1.85 bits per heavy atom. The lowest BCUT2D eigenvalue weighted by Crippen LogP contribution is -2.23.